The van der Waals surface area contributed by atoms with Crippen molar-refractivity contribution in [1.82, 2.24) is 4.98 Å². The van der Waals surface area contributed by atoms with E-state index < -0.39 is 0 Å². The smallest absolute Gasteiger partial charge is 0.272 e. The average molecular weight is 377 g/mol. The van der Waals surface area contributed by atoms with E-state index >= 15 is 0 Å². The Balaban J connectivity index is 1.49. The van der Waals surface area contributed by atoms with E-state index in [0.717, 1.165) is 22.2 Å². The fourth-order valence-corrected chi connectivity index (χ4v) is 3.01. The SMILES string of the molecule is O=C(Nc1cccc(Cl)c1)c1cc2ccc(OCc3ccccc3)cc2[nH]1. The molecule has 0 fully saturated rings. The van der Waals surface area contributed by atoms with Crippen LogP contribution < -0.4 is 10.1 Å². The fourth-order valence-electron chi connectivity index (χ4n) is 2.82. The number of aromatic amines is 1. The molecule has 4 nitrogen and oxygen atoms in total. The Morgan fingerprint density at radius 2 is 1.81 bits per heavy atom. The van der Waals surface area contributed by atoms with Crippen LogP contribution >= 0.6 is 11.6 Å². The van der Waals surface area contributed by atoms with Gasteiger partial charge in [0.1, 0.15) is 18.1 Å². The van der Waals surface area contributed by atoms with Crippen molar-refractivity contribution in [2.24, 2.45) is 0 Å². The molecule has 4 rings (SSSR count). The normalized spacial score (nSPS) is 10.7. The maximum absolute atomic E-state index is 12.5. The summed E-state index contributed by atoms with van der Waals surface area (Å²) in [4.78, 5) is 15.6. The molecule has 0 aliphatic rings. The number of hydrogen-bond donors (Lipinski definition) is 2. The van der Waals surface area contributed by atoms with E-state index in [-0.39, 0.29) is 5.91 Å². The van der Waals surface area contributed by atoms with Crippen molar-refractivity contribution in [2.75, 3.05) is 5.32 Å². The van der Waals surface area contributed by atoms with Gasteiger partial charge in [0.05, 0.1) is 0 Å². The maximum Gasteiger partial charge on any atom is 0.272 e. The zero-order valence-electron chi connectivity index (χ0n) is 14.4. The third-order valence-corrected chi connectivity index (χ3v) is 4.40. The lowest BCUT2D eigenvalue weighted by Gasteiger charge is -2.06. The summed E-state index contributed by atoms with van der Waals surface area (Å²) in [5, 5.41) is 4.35. The number of anilines is 1. The van der Waals surface area contributed by atoms with Gasteiger partial charge in [0.15, 0.2) is 0 Å². The Bertz CT molecular complexity index is 1090. The number of amides is 1. The minimum atomic E-state index is -0.222. The van der Waals surface area contributed by atoms with Gasteiger partial charge in [-0.25, -0.2) is 0 Å². The molecule has 3 aromatic carbocycles. The highest BCUT2D eigenvalue weighted by Crippen LogP contribution is 2.23. The van der Waals surface area contributed by atoms with Crippen molar-refractivity contribution in [3.05, 3.63) is 95.1 Å². The lowest BCUT2D eigenvalue weighted by Crippen LogP contribution is -2.12. The summed E-state index contributed by atoms with van der Waals surface area (Å²) >= 11 is 5.96. The van der Waals surface area contributed by atoms with Crippen LogP contribution in [0.15, 0.2) is 78.9 Å². The minimum Gasteiger partial charge on any atom is -0.489 e. The Hall–Kier alpha value is -3.24. The van der Waals surface area contributed by atoms with E-state index in [1.807, 2.05) is 54.6 Å². The fraction of sp³-hybridized carbons (Fsp3) is 0.0455. The molecule has 5 heteroatoms. The summed E-state index contributed by atoms with van der Waals surface area (Å²) in [6.07, 6.45) is 0. The molecule has 27 heavy (non-hydrogen) atoms. The highest BCUT2D eigenvalue weighted by molar-refractivity contribution is 6.31. The zero-order valence-corrected chi connectivity index (χ0v) is 15.2. The Labute approximate surface area is 161 Å². The first kappa shape index (κ1) is 17.2. The number of fused-ring (bicyclic) bond motifs is 1. The molecule has 1 aromatic heterocycles. The molecular weight excluding hydrogens is 360 g/mol. The molecular formula is C22H17ClN2O2. The molecule has 0 saturated carbocycles. The first-order valence-corrected chi connectivity index (χ1v) is 8.91. The summed E-state index contributed by atoms with van der Waals surface area (Å²) < 4.78 is 5.84. The summed E-state index contributed by atoms with van der Waals surface area (Å²) in [7, 11) is 0. The number of halogens is 1. The van der Waals surface area contributed by atoms with Gasteiger partial charge in [-0.3, -0.25) is 4.79 Å². The van der Waals surface area contributed by atoms with Gasteiger partial charge in [-0.05, 0) is 42.0 Å². The van der Waals surface area contributed by atoms with E-state index in [4.69, 9.17) is 16.3 Å². The molecule has 2 N–H and O–H groups in total. The van der Waals surface area contributed by atoms with Gasteiger partial charge in [0.25, 0.3) is 5.91 Å². The van der Waals surface area contributed by atoms with Crippen LogP contribution in [-0.2, 0) is 6.61 Å². The largest absolute Gasteiger partial charge is 0.489 e. The summed E-state index contributed by atoms with van der Waals surface area (Å²) in [6, 6.07) is 24.6. The molecule has 0 bridgehead atoms. The number of aromatic nitrogens is 1. The molecule has 0 atom stereocenters. The van der Waals surface area contributed by atoms with Crippen LogP contribution in [0.4, 0.5) is 5.69 Å². The molecule has 1 heterocycles. The number of H-pyrrole nitrogens is 1. The Kier molecular flexibility index (Phi) is 4.81. The summed E-state index contributed by atoms with van der Waals surface area (Å²) in [5.74, 6) is 0.523. The second-order valence-electron chi connectivity index (χ2n) is 6.17. The van der Waals surface area contributed by atoms with Crippen LogP contribution in [0.25, 0.3) is 10.9 Å². The first-order valence-electron chi connectivity index (χ1n) is 8.54. The Morgan fingerprint density at radius 3 is 2.63 bits per heavy atom. The van der Waals surface area contributed by atoms with Crippen molar-refractivity contribution in [2.45, 2.75) is 6.61 Å². The van der Waals surface area contributed by atoms with Crippen LogP contribution in [-0.4, -0.2) is 10.9 Å². The molecule has 0 saturated heterocycles. The third kappa shape index (κ3) is 4.13. The van der Waals surface area contributed by atoms with E-state index in [0.29, 0.717) is 23.0 Å². The minimum absolute atomic E-state index is 0.222. The zero-order chi connectivity index (χ0) is 18.6. The lowest BCUT2D eigenvalue weighted by atomic mass is 10.2. The predicted molar refractivity (Wildman–Crippen MR) is 108 cm³/mol. The molecule has 0 aliphatic heterocycles. The van der Waals surface area contributed by atoms with Crippen LogP contribution in [0.2, 0.25) is 5.02 Å². The van der Waals surface area contributed by atoms with Gasteiger partial charge < -0.3 is 15.0 Å². The van der Waals surface area contributed by atoms with Gasteiger partial charge in [-0.1, -0.05) is 48.0 Å². The van der Waals surface area contributed by atoms with Gasteiger partial charge in [0.2, 0.25) is 0 Å². The second-order valence-corrected chi connectivity index (χ2v) is 6.61. The number of rotatable bonds is 5. The monoisotopic (exact) mass is 376 g/mol. The van der Waals surface area contributed by atoms with Crippen molar-refractivity contribution < 1.29 is 9.53 Å². The highest BCUT2D eigenvalue weighted by Gasteiger charge is 2.11. The predicted octanol–water partition coefficient (Wildman–Crippen LogP) is 5.65. The van der Waals surface area contributed by atoms with Crippen LogP contribution in [0, 0.1) is 0 Å². The highest BCUT2D eigenvalue weighted by atomic mass is 35.5. The molecule has 0 spiro atoms. The summed E-state index contributed by atoms with van der Waals surface area (Å²) in [5.41, 5.74) is 3.07. The van der Waals surface area contributed by atoms with Crippen molar-refractivity contribution >= 4 is 34.1 Å². The van der Waals surface area contributed by atoms with Crippen molar-refractivity contribution in [3.63, 3.8) is 0 Å². The average Bonchev–Trinajstić information content (AvgIpc) is 3.11. The molecule has 134 valence electrons. The second kappa shape index (κ2) is 7.56. The standard InChI is InChI=1S/C22H17ClN2O2/c23-17-7-4-8-18(12-17)24-22(26)21-11-16-9-10-19(13-20(16)25-21)27-14-15-5-2-1-3-6-15/h1-13,25H,14H2,(H,24,26). The van der Waals surface area contributed by atoms with Crippen LogP contribution in [0.1, 0.15) is 16.1 Å². The van der Waals surface area contributed by atoms with Crippen LogP contribution in [0.5, 0.6) is 5.75 Å². The molecule has 0 unspecified atom stereocenters. The Morgan fingerprint density at radius 1 is 0.963 bits per heavy atom. The van der Waals surface area contributed by atoms with E-state index in [1.54, 1.807) is 24.3 Å². The molecule has 4 aromatic rings. The molecule has 0 aliphatic carbocycles. The number of carbonyl (C=O) groups is 1. The lowest BCUT2D eigenvalue weighted by molar-refractivity contribution is 0.102. The van der Waals surface area contributed by atoms with Gasteiger partial charge in [-0.15, -0.1) is 0 Å². The molecule has 0 radical (unpaired) electrons. The number of ether oxygens (including phenoxy) is 1. The topological polar surface area (TPSA) is 54.1 Å². The molecule has 1 amide bonds. The first-order chi connectivity index (χ1) is 13.2. The summed E-state index contributed by atoms with van der Waals surface area (Å²) in [6.45, 7) is 0.495. The van der Waals surface area contributed by atoms with Crippen LogP contribution in [0.3, 0.4) is 0 Å². The maximum atomic E-state index is 12.5. The van der Waals surface area contributed by atoms with E-state index in [9.17, 15) is 4.79 Å². The van der Waals surface area contributed by atoms with Gasteiger partial charge in [-0.2, -0.15) is 0 Å². The number of nitrogens with one attached hydrogen (secondary N) is 2. The van der Waals surface area contributed by atoms with E-state index in [2.05, 4.69) is 10.3 Å². The van der Waals surface area contributed by atoms with E-state index in [1.165, 1.54) is 0 Å². The number of benzene rings is 3. The number of carbonyl (C=O) groups excluding carboxylic acids is 1. The van der Waals surface area contributed by atoms with Gasteiger partial charge in [0, 0.05) is 27.7 Å². The number of hydrogen-bond acceptors (Lipinski definition) is 2. The third-order valence-electron chi connectivity index (χ3n) is 4.17. The van der Waals surface area contributed by atoms with Gasteiger partial charge >= 0.3 is 0 Å². The van der Waals surface area contributed by atoms with Crippen molar-refractivity contribution in [3.8, 4) is 5.75 Å². The van der Waals surface area contributed by atoms with Crippen molar-refractivity contribution in [1.29, 1.82) is 0 Å². The quantitative estimate of drug-likeness (QED) is 0.472.